The fourth-order valence-corrected chi connectivity index (χ4v) is 2.82. The lowest BCUT2D eigenvalue weighted by Gasteiger charge is -2.10. The molecule has 2 heterocycles. The van der Waals surface area contributed by atoms with Gasteiger partial charge in [0.2, 0.25) is 5.89 Å². The molecule has 0 unspecified atom stereocenters. The molecular weight excluding hydrogens is 366 g/mol. The molecule has 0 saturated carbocycles. The van der Waals surface area contributed by atoms with Gasteiger partial charge in [0.25, 0.3) is 5.56 Å². The topological polar surface area (TPSA) is 84.5 Å². The molecule has 152 valence electrons. The number of rotatable bonds is 7. The van der Waals surface area contributed by atoms with Crippen molar-refractivity contribution in [2.24, 2.45) is 4.99 Å². The van der Waals surface area contributed by atoms with Crippen LogP contribution >= 0.6 is 0 Å². The third kappa shape index (κ3) is 5.81. The first-order valence-corrected chi connectivity index (χ1v) is 9.73. The van der Waals surface area contributed by atoms with Crippen molar-refractivity contribution in [2.45, 2.75) is 40.4 Å². The number of benzene rings is 1. The monoisotopic (exact) mass is 393 g/mol. The fourth-order valence-electron chi connectivity index (χ4n) is 2.82. The number of aryl methyl sites for hydroxylation is 2. The van der Waals surface area contributed by atoms with Gasteiger partial charge in [0.1, 0.15) is 5.76 Å². The highest BCUT2D eigenvalue weighted by Crippen LogP contribution is 2.08. The average molecular weight is 393 g/mol. The summed E-state index contributed by atoms with van der Waals surface area (Å²) in [6.45, 7) is 8.21. The summed E-state index contributed by atoms with van der Waals surface area (Å²) in [4.78, 5) is 20.8. The predicted octanol–water partition coefficient (Wildman–Crippen LogP) is 2.76. The van der Waals surface area contributed by atoms with Gasteiger partial charge in [-0.05, 0) is 38.0 Å². The van der Waals surface area contributed by atoms with Gasteiger partial charge >= 0.3 is 0 Å². The number of nitrogens with one attached hydrogen (secondary N) is 2. The molecule has 0 fully saturated rings. The van der Waals surface area contributed by atoms with Gasteiger partial charge in [-0.15, -0.1) is 0 Å². The van der Waals surface area contributed by atoms with E-state index in [1.54, 1.807) is 22.9 Å². The highest BCUT2D eigenvalue weighted by atomic mass is 16.4. The van der Waals surface area contributed by atoms with Crippen molar-refractivity contribution in [1.29, 1.82) is 0 Å². The molecule has 3 rings (SSSR count). The minimum absolute atomic E-state index is 0.000956. The summed E-state index contributed by atoms with van der Waals surface area (Å²) in [5, 5.41) is 6.47. The first-order chi connectivity index (χ1) is 14.0. The van der Waals surface area contributed by atoms with Crippen LogP contribution in [0.4, 0.5) is 0 Å². The van der Waals surface area contributed by atoms with Gasteiger partial charge in [-0.25, -0.2) is 9.98 Å². The average Bonchev–Trinajstić information content (AvgIpc) is 3.04. The molecule has 7 nitrogen and oxygen atoms in total. The van der Waals surface area contributed by atoms with Crippen molar-refractivity contribution in [3.63, 3.8) is 0 Å². The smallest absolute Gasteiger partial charge is 0.250 e. The maximum Gasteiger partial charge on any atom is 0.250 e. The number of aliphatic imine (C=N–C) groups is 1. The number of guanidine groups is 1. The Kier molecular flexibility index (Phi) is 6.84. The van der Waals surface area contributed by atoms with Crippen molar-refractivity contribution >= 4 is 5.96 Å². The Hall–Kier alpha value is -3.35. The fraction of sp³-hybridized carbons (Fsp3) is 0.318. The molecule has 0 aliphatic heterocycles. The minimum Gasteiger partial charge on any atom is -0.444 e. The molecule has 0 amide bonds. The molecule has 0 bridgehead atoms. The lowest BCUT2D eigenvalue weighted by atomic mass is 10.1. The summed E-state index contributed by atoms with van der Waals surface area (Å²) in [6.07, 6.45) is 1.80. The van der Waals surface area contributed by atoms with Crippen LogP contribution < -0.4 is 16.2 Å². The Bertz CT molecular complexity index is 999. The Morgan fingerprint density at radius 3 is 2.52 bits per heavy atom. The zero-order chi connectivity index (χ0) is 20.6. The highest BCUT2D eigenvalue weighted by Gasteiger charge is 2.06. The summed E-state index contributed by atoms with van der Waals surface area (Å²) in [7, 11) is 0. The van der Waals surface area contributed by atoms with Crippen LogP contribution in [-0.4, -0.2) is 22.1 Å². The Balaban J connectivity index is 1.59. The Morgan fingerprint density at radius 1 is 1.10 bits per heavy atom. The number of hydrogen-bond acceptors (Lipinski definition) is 4. The molecule has 0 spiro atoms. The molecule has 7 heteroatoms. The van der Waals surface area contributed by atoms with Crippen molar-refractivity contribution in [1.82, 2.24) is 20.2 Å². The van der Waals surface area contributed by atoms with Crippen molar-refractivity contribution in [2.75, 3.05) is 6.54 Å². The van der Waals surface area contributed by atoms with Crippen LogP contribution in [-0.2, 0) is 19.6 Å². The zero-order valence-electron chi connectivity index (χ0n) is 17.1. The molecule has 0 atom stereocenters. The van der Waals surface area contributed by atoms with Crippen LogP contribution in [0.15, 0.2) is 62.9 Å². The molecule has 1 aromatic carbocycles. The van der Waals surface area contributed by atoms with Crippen LogP contribution in [0.5, 0.6) is 0 Å². The quantitative estimate of drug-likeness (QED) is 0.476. The Morgan fingerprint density at radius 2 is 1.86 bits per heavy atom. The van der Waals surface area contributed by atoms with Gasteiger partial charge in [0.05, 0.1) is 25.3 Å². The second kappa shape index (κ2) is 9.73. The predicted molar refractivity (Wildman–Crippen MR) is 114 cm³/mol. The van der Waals surface area contributed by atoms with Gasteiger partial charge in [0, 0.05) is 18.8 Å². The lowest BCUT2D eigenvalue weighted by molar-refractivity contribution is 0.463. The third-order valence-electron chi connectivity index (χ3n) is 4.52. The largest absolute Gasteiger partial charge is 0.444 e. The van der Waals surface area contributed by atoms with Crippen molar-refractivity contribution < 1.29 is 4.42 Å². The molecule has 0 aliphatic carbocycles. The van der Waals surface area contributed by atoms with Crippen LogP contribution in [0.2, 0.25) is 0 Å². The first kappa shape index (κ1) is 20.4. The normalized spacial score (nSPS) is 11.5. The van der Waals surface area contributed by atoms with Crippen LogP contribution in [0.25, 0.3) is 0 Å². The molecule has 0 radical (unpaired) electrons. The van der Waals surface area contributed by atoms with E-state index in [1.807, 2.05) is 51.1 Å². The van der Waals surface area contributed by atoms with E-state index in [4.69, 9.17) is 4.42 Å². The molecule has 0 saturated heterocycles. The molecule has 29 heavy (non-hydrogen) atoms. The van der Waals surface area contributed by atoms with Gasteiger partial charge in [0.15, 0.2) is 5.96 Å². The molecule has 0 aliphatic rings. The molecule has 2 aromatic heterocycles. The van der Waals surface area contributed by atoms with Gasteiger partial charge in [-0.2, -0.15) is 0 Å². The van der Waals surface area contributed by atoms with Crippen LogP contribution in [0.1, 0.15) is 35.4 Å². The first-order valence-electron chi connectivity index (χ1n) is 9.73. The van der Waals surface area contributed by atoms with Gasteiger partial charge in [-0.3, -0.25) is 4.79 Å². The molecular formula is C22H27N5O2. The number of oxazole rings is 1. The summed E-state index contributed by atoms with van der Waals surface area (Å²) in [5.41, 5.74) is 3.07. The van der Waals surface area contributed by atoms with Gasteiger partial charge in [-0.1, -0.05) is 30.3 Å². The van der Waals surface area contributed by atoms with E-state index in [-0.39, 0.29) is 5.56 Å². The highest BCUT2D eigenvalue weighted by molar-refractivity contribution is 5.79. The third-order valence-corrected chi connectivity index (χ3v) is 4.52. The number of hydrogen-bond donors (Lipinski definition) is 2. The standard InChI is InChI=1S/C22H27N5O2/c1-4-23-22(25-14-20-26-16(2)17(3)29-20)24-13-18-8-10-19(11-9-18)15-27-12-6-5-7-21(27)28/h5-12H,4,13-15H2,1-3H3,(H2,23,24,25). The SMILES string of the molecule is CCNC(=NCc1ccc(Cn2ccccc2=O)cc1)NCc1nc(C)c(C)o1. The number of aromatic nitrogens is 2. The van der Waals surface area contributed by atoms with E-state index in [1.165, 1.54) is 0 Å². The van der Waals surface area contributed by atoms with E-state index in [2.05, 4.69) is 20.6 Å². The molecule has 2 N–H and O–H groups in total. The van der Waals surface area contributed by atoms with E-state index in [0.717, 1.165) is 29.1 Å². The van der Waals surface area contributed by atoms with Gasteiger partial charge < -0.3 is 19.6 Å². The number of nitrogens with zero attached hydrogens (tertiary/aromatic N) is 3. The second-order valence-corrected chi connectivity index (χ2v) is 6.78. The minimum atomic E-state index is -0.000956. The maximum absolute atomic E-state index is 11.8. The molecule has 3 aromatic rings. The zero-order valence-corrected chi connectivity index (χ0v) is 17.1. The summed E-state index contributed by atoms with van der Waals surface area (Å²) < 4.78 is 7.28. The number of pyridine rings is 1. The summed E-state index contributed by atoms with van der Waals surface area (Å²) >= 11 is 0. The van der Waals surface area contributed by atoms with Crippen LogP contribution in [0.3, 0.4) is 0 Å². The van der Waals surface area contributed by atoms with E-state index >= 15 is 0 Å². The van der Waals surface area contributed by atoms with Crippen molar-refractivity contribution in [3.8, 4) is 0 Å². The lowest BCUT2D eigenvalue weighted by Crippen LogP contribution is -2.36. The Labute approximate surface area is 170 Å². The summed E-state index contributed by atoms with van der Waals surface area (Å²) in [5.74, 6) is 2.19. The van der Waals surface area contributed by atoms with Crippen LogP contribution in [0, 0.1) is 13.8 Å². The maximum atomic E-state index is 11.8. The van der Waals surface area contributed by atoms with E-state index in [9.17, 15) is 4.79 Å². The van der Waals surface area contributed by atoms with E-state index in [0.29, 0.717) is 31.5 Å². The summed E-state index contributed by atoms with van der Waals surface area (Å²) in [6, 6.07) is 13.3. The van der Waals surface area contributed by atoms with E-state index < -0.39 is 0 Å². The second-order valence-electron chi connectivity index (χ2n) is 6.78. The van der Waals surface area contributed by atoms with Crippen molar-refractivity contribution in [3.05, 3.63) is 87.5 Å².